The van der Waals surface area contributed by atoms with E-state index in [-0.39, 0.29) is 23.3 Å². The van der Waals surface area contributed by atoms with Gasteiger partial charge in [0.15, 0.2) is 0 Å². The van der Waals surface area contributed by atoms with Gasteiger partial charge in [-0.15, -0.1) is 23.1 Å². The molecule has 1 aliphatic heterocycles. The van der Waals surface area contributed by atoms with Crippen molar-refractivity contribution < 1.29 is 28.7 Å². The van der Waals surface area contributed by atoms with Crippen molar-refractivity contribution in [1.82, 2.24) is 10.2 Å². The lowest BCUT2D eigenvalue weighted by atomic mass is 10.0. The minimum atomic E-state index is -0.536. The van der Waals surface area contributed by atoms with Crippen LogP contribution in [-0.2, 0) is 32.1 Å². The van der Waals surface area contributed by atoms with E-state index in [1.54, 1.807) is 53.4 Å². The van der Waals surface area contributed by atoms with Crippen LogP contribution in [0.5, 0.6) is 0 Å². The maximum absolute atomic E-state index is 13.6. The lowest BCUT2D eigenvalue weighted by molar-refractivity contribution is -0.129. The van der Waals surface area contributed by atoms with Crippen molar-refractivity contribution in [3.05, 3.63) is 117 Å². The predicted octanol–water partition coefficient (Wildman–Crippen LogP) is 6.70. The van der Waals surface area contributed by atoms with Gasteiger partial charge in [-0.2, -0.15) is 0 Å². The van der Waals surface area contributed by atoms with Crippen LogP contribution in [0.25, 0.3) is 6.08 Å². The summed E-state index contributed by atoms with van der Waals surface area (Å²) in [6, 6.07) is 23.5. The summed E-state index contributed by atoms with van der Waals surface area (Å²) in [5, 5.41) is 8.89. The van der Waals surface area contributed by atoms with Crippen LogP contribution in [0.3, 0.4) is 0 Å². The normalized spacial score (nSPS) is 12.6. The van der Waals surface area contributed by atoms with Gasteiger partial charge in [0.25, 0.3) is 11.8 Å². The Kier molecular flexibility index (Phi) is 11.9. The van der Waals surface area contributed by atoms with Gasteiger partial charge in [-0.05, 0) is 65.4 Å². The second kappa shape index (κ2) is 16.5. The molecule has 0 fully saturated rings. The third-order valence-corrected chi connectivity index (χ3v) is 10.2. The van der Waals surface area contributed by atoms with E-state index in [4.69, 9.17) is 4.74 Å². The highest BCUT2D eigenvalue weighted by molar-refractivity contribution is 8.00. The number of ether oxygens (including phenoxy) is 1. The Labute approximate surface area is 299 Å². The minimum absolute atomic E-state index is 0.0325. The highest BCUT2D eigenvalue weighted by Crippen LogP contribution is 2.38. The van der Waals surface area contributed by atoms with E-state index < -0.39 is 17.8 Å². The van der Waals surface area contributed by atoms with Crippen molar-refractivity contribution in [2.24, 2.45) is 0 Å². The zero-order valence-corrected chi connectivity index (χ0v) is 29.8. The van der Waals surface area contributed by atoms with Crippen molar-refractivity contribution in [2.75, 3.05) is 30.0 Å². The Morgan fingerprint density at radius 1 is 0.960 bits per heavy atom. The Hall–Kier alpha value is -5.20. The molecule has 10 nitrogen and oxygen atoms in total. The lowest BCUT2D eigenvalue weighted by Gasteiger charge is -2.25. The van der Waals surface area contributed by atoms with Gasteiger partial charge in [0, 0.05) is 34.5 Å². The number of esters is 1. The molecule has 3 aromatic carbocycles. The van der Waals surface area contributed by atoms with Crippen LogP contribution in [0.2, 0.25) is 0 Å². The summed E-state index contributed by atoms with van der Waals surface area (Å²) >= 11 is 2.53. The molecule has 0 radical (unpaired) electrons. The van der Waals surface area contributed by atoms with Crippen LogP contribution < -0.4 is 16.0 Å². The number of hydrogen-bond donors (Lipinski definition) is 3. The van der Waals surface area contributed by atoms with Gasteiger partial charge in [0.05, 0.1) is 25.0 Å². The van der Waals surface area contributed by atoms with E-state index in [9.17, 15) is 24.0 Å². The first-order chi connectivity index (χ1) is 24.0. The molecule has 0 saturated carbocycles. The summed E-state index contributed by atoms with van der Waals surface area (Å²) in [5.41, 5.74) is 4.00. The second-order valence-corrected chi connectivity index (χ2v) is 14.1. The molecule has 1 aromatic heterocycles. The molecule has 5 rings (SSSR count). The zero-order chi connectivity index (χ0) is 35.8. The van der Waals surface area contributed by atoms with Crippen LogP contribution in [0.4, 0.5) is 10.7 Å². The van der Waals surface area contributed by atoms with E-state index in [1.165, 1.54) is 37.1 Å². The van der Waals surface area contributed by atoms with E-state index in [2.05, 4.69) is 29.8 Å². The summed E-state index contributed by atoms with van der Waals surface area (Å²) < 4.78 is 5.01. The third kappa shape index (κ3) is 9.07. The van der Waals surface area contributed by atoms with Gasteiger partial charge in [-0.3, -0.25) is 19.2 Å². The van der Waals surface area contributed by atoms with Gasteiger partial charge in [0.2, 0.25) is 11.8 Å². The summed E-state index contributed by atoms with van der Waals surface area (Å²) in [6.45, 7) is 6.57. The molecule has 0 atom stereocenters. The van der Waals surface area contributed by atoms with Crippen molar-refractivity contribution in [2.45, 2.75) is 44.6 Å². The number of amides is 4. The Balaban J connectivity index is 1.27. The molecule has 0 aliphatic carbocycles. The molecular formula is C38H38N4O6S2. The number of carbonyl (C=O) groups is 5. The van der Waals surface area contributed by atoms with Crippen LogP contribution in [0.1, 0.15) is 69.0 Å². The summed E-state index contributed by atoms with van der Waals surface area (Å²) in [7, 11) is 1.30. The van der Waals surface area contributed by atoms with Crippen LogP contribution in [0, 0.1) is 0 Å². The predicted molar refractivity (Wildman–Crippen MR) is 197 cm³/mol. The summed E-state index contributed by atoms with van der Waals surface area (Å²) in [5.74, 6) is -1.46. The molecule has 4 amide bonds. The minimum Gasteiger partial charge on any atom is -0.465 e. The molecule has 2 heterocycles. The van der Waals surface area contributed by atoms with E-state index in [0.29, 0.717) is 47.2 Å². The fraction of sp³-hybridized carbons (Fsp3) is 0.237. The van der Waals surface area contributed by atoms with Crippen LogP contribution in [0.15, 0.2) is 89.5 Å². The number of nitrogens with zero attached hydrogens (tertiary/aromatic N) is 1. The van der Waals surface area contributed by atoms with Gasteiger partial charge in [0.1, 0.15) is 10.7 Å². The van der Waals surface area contributed by atoms with E-state index >= 15 is 0 Å². The SMILES string of the molecule is COC(=O)c1c(NC(=O)CSc2cccc(NC(=O)/C(=C\c3ccc(C(C)C)cc3)NC(=O)c3ccccc3)c2)sc2c1CCN(C(C)=O)C2. The first kappa shape index (κ1) is 36.1. The number of hydrogen-bond acceptors (Lipinski definition) is 8. The largest absolute Gasteiger partial charge is 0.465 e. The number of thioether (sulfide) groups is 1. The number of benzene rings is 3. The van der Waals surface area contributed by atoms with Crippen molar-refractivity contribution in [3.8, 4) is 0 Å². The maximum Gasteiger partial charge on any atom is 0.341 e. The molecule has 0 spiro atoms. The Morgan fingerprint density at radius 3 is 2.38 bits per heavy atom. The quantitative estimate of drug-likeness (QED) is 0.0896. The Bertz CT molecular complexity index is 1940. The standard InChI is InChI=1S/C38H38N4O6S2/c1-23(2)26-15-13-25(14-16-26)19-31(40-35(45)27-9-6-5-7-10-27)36(46)39-28-11-8-12-29(20-28)49-22-33(44)41-37-34(38(47)48-4)30-17-18-42(24(3)43)21-32(30)50-37/h5-16,19-20,23H,17-18,21-22H2,1-4H3,(H,39,46)(H,40,45)(H,41,44)/b31-19+. The van der Waals surface area contributed by atoms with Crippen LogP contribution in [-0.4, -0.2) is 53.9 Å². The van der Waals surface area contributed by atoms with Gasteiger partial charge >= 0.3 is 5.97 Å². The average Bonchev–Trinajstić information content (AvgIpc) is 3.47. The fourth-order valence-corrected chi connectivity index (χ4v) is 7.36. The summed E-state index contributed by atoms with van der Waals surface area (Å²) in [4.78, 5) is 67.6. The number of nitrogens with one attached hydrogen (secondary N) is 3. The molecule has 258 valence electrons. The van der Waals surface area contributed by atoms with E-state index in [1.807, 2.05) is 36.4 Å². The van der Waals surface area contributed by atoms with Gasteiger partial charge < -0.3 is 25.6 Å². The number of fused-ring (bicyclic) bond motifs is 1. The first-order valence-corrected chi connectivity index (χ1v) is 17.8. The first-order valence-electron chi connectivity index (χ1n) is 16.0. The molecule has 0 saturated heterocycles. The Morgan fingerprint density at radius 2 is 1.70 bits per heavy atom. The number of anilines is 2. The molecule has 50 heavy (non-hydrogen) atoms. The monoisotopic (exact) mass is 710 g/mol. The van der Waals surface area contributed by atoms with Crippen molar-refractivity contribution in [3.63, 3.8) is 0 Å². The highest BCUT2D eigenvalue weighted by atomic mass is 32.2. The fourth-order valence-electron chi connectivity index (χ4n) is 5.34. The number of carbonyl (C=O) groups excluding carboxylic acids is 5. The number of methoxy groups -OCH3 is 1. The summed E-state index contributed by atoms with van der Waals surface area (Å²) in [6.07, 6.45) is 2.13. The number of rotatable bonds is 11. The van der Waals surface area contributed by atoms with Crippen molar-refractivity contribution in [1.29, 1.82) is 0 Å². The molecule has 12 heteroatoms. The van der Waals surface area contributed by atoms with Gasteiger partial charge in [-0.1, -0.05) is 62.4 Å². The maximum atomic E-state index is 13.6. The van der Waals surface area contributed by atoms with Crippen LogP contribution >= 0.6 is 23.1 Å². The molecule has 0 unspecified atom stereocenters. The molecule has 1 aliphatic rings. The molecular weight excluding hydrogens is 673 g/mol. The highest BCUT2D eigenvalue weighted by Gasteiger charge is 2.30. The van der Waals surface area contributed by atoms with Crippen molar-refractivity contribution >= 4 is 69.5 Å². The second-order valence-electron chi connectivity index (χ2n) is 11.9. The lowest BCUT2D eigenvalue weighted by Crippen LogP contribution is -2.33. The molecule has 3 N–H and O–H groups in total. The smallest absolute Gasteiger partial charge is 0.341 e. The molecule has 4 aromatic rings. The zero-order valence-electron chi connectivity index (χ0n) is 28.2. The molecule has 0 bridgehead atoms. The van der Waals surface area contributed by atoms with Gasteiger partial charge in [-0.25, -0.2) is 4.79 Å². The van der Waals surface area contributed by atoms with E-state index in [0.717, 1.165) is 26.5 Å². The average molecular weight is 711 g/mol. The topological polar surface area (TPSA) is 134 Å². The number of thiophene rings is 1. The third-order valence-electron chi connectivity index (χ3n) is 8.05.